The number of halogens is 2. The Kier molecular flexibility index (Phi) is 4.11. The number of hydrogen-bond donors (Lipinski definition) is 1. The second-order valence-corrected chi connectivity index (χ2v) is 5.26. The van der Waals surface area contributed by atoms with Crippen LogP contribution in [0.2, 0.25) is 0 Å². The van der Waals surface area contributed by atoms with E-state index in [1.807, 2.05) is 13.0 Å². The van der Waals surface area contributed by atoms with Crippen LogP contribution in [0.3, 0.4) is 0 Å². The Labute approximate surface area is 119 Å². The van der Waals surface area contributed by atoms with Gasteiger partial charge >= 0.3 is 0 Å². The zero-order valence-electron chi connectivity index (χ0n) is 10.1. The summed E-state index contributed by atoms with van der Waals surface area (Å²) in [6.07, 6.45) is 3.23. The lowest BCUT2D eigenvalue weighted by atomic mass is 10.1. The molecule has 1 aromatic carbocycles. The molecule has 0 amide bonds. The molecule has 0 fully saturated rings. The van der Waals surface area contributed by atoms with Crippen molar-refractivity contribution in [2.24, 2.45) is 0 Å². The Morgan fingerprint density at radius 1 is 1.39 bits per heavy atom. The van der Waals surface area contributed by atoms with Crippen LogP contribution in [0.4, 0.5) is 10.2 Å². The fraction of sp³-hybridized carbons (Fsp3) is 0.231. The maximum absolute atomic E-state index is 13.5. The van der Waals surface area contributed by atoms with Crippen LogP contribution in [-0.4, -0.2) is 9.97 Å². The molecule has 0 bridgehead atoms. The summed E-state index contributed by atoms with van der Waals surface area (Å²) in [5, 5.41) is 3.25. The van der Waals surface area contributed by atoms with Crippen molar-refractivity contribution in [2.45, 2.75) is 19.9 Å². The van der Waals surface area contributed by atoms with Crippen molar-refractivity contribution in [1.82, 2.24) is 9.97 Å². The standard InChI is InChI=1S/C13H13FIN3/c1-8-3-4-10(5-11(8)14)9(2)18-13-12(15)6-16-7-17-13/h3-7,9H,1-2H3,(H,16,17,18). The Balaban J connectivity index is 2.19. The van der Waals surface area contributed by atoms with E-state index in [1.165, 1.54) is 6.33 Å². The zero-order valence-corrected chi connectivity index (χ0v) is 12.3. The SMILES string of the molecule is Cc1ccc(C(C)Nc2ncncc2I)cc1F. The average Bonchev–Trinajstić information content (AvgIpc) is 2.35. The molecule has 2 rings (SSSR count). The van der Waals surface area contributed by atoms with E-state index in [1.54, 1.807) is 25.3 Å². The van der Waals surface area contributed by atoms with Crippen molar-refractivity contribution < 1.29 is 4.39 Å². The van der Waals surface area contributed by atoms with Gasteiger partial charge in [-0.25, -0.2) is 14.4 Å². The maximum Gasteiger partial charge on any atom is 0.143 e. The van der Waals surface area contributed by atoms with E-state index < -0.39 is 0 Å². The van der Waals surface area contributed by atoms with Gasteiger partial charge in [-0.2, -0.15) is 0 Å². The Morgan fingerprint density at radius 3 is 2.83 bits per heavy atom. The first-order chi connectivity index (χ1) is 8.58. The molecule has 0 radical (unpaired) electrons. The molecule has 18 heavy (non-hydrogen) atoms. The van der Waals surface area contributed by atoms with E-state index in [4.69, 9.17) is 0 Å². The van der Waals surface area contributed by atoms with Crippen LogP contribution in [0.15, 0.2) is 30.7 Å². The molecule has 1 unspecified atom stereocenters. The van der Waals surface area contributed by atoms with Crippen LogP contribution in [0, 0.1) is 16.3 Å². The van der Waals surface area contributed by atoms with Gasteiger partial charge in [0, 0.05) is 6.20 Å². The molecular weight excluding hydrogens is 344 g/mol. The molecule has 0 saturated heterocycles. The number of hydrogen-bond acceptors (Lipinski definition) is 3. The molecule has 94 valence electrons. The second kappa shape index (κ2) is 5.60. The van der Waals surface area contributed by atoms with Gasteiger partial charge in [-0.3, -0.25) is 0 Å². The highest BCUT2D eigenvalue weighted by Crippen LogP contribution is 2.22. The van der Waals surface area contributed by atoms with E-state index in [0.717, 1.165) is 15.0 Å². The summed E-state index contributed by atoms with van der Waals surface area (Å²) in [4.78, 5) is 8.09. The molecule has 0 spiro atoms. The van der Waals surface area contributed by atoms with Crippen LogP contribution in [0.25, 0.3) is 0 Å². The largest absolute Gasteiger partial charge is 0.363 e. The second-order valence-electron chi connectivity index (χ2n) is 4.09. The third-order valence-corrected chi connectivity index (χ3v) is 3.51. The molecule has 0 aliphatic heterocycles. The molecule has 0 aliphatic rings. The van der Waals surface area contributed by atoms with Crippen molar-refractivity contribution >= 4 is 28.4 Å². The van der Waals surface area contributed by atoms with Crippen molar-refractivity contribution in [2.75, 3.05) is 5.32 Å². The Morgan fingerprint density at radius 2 is 2.17 bits per heavy atom. The average molecular weight is 357 g/mol. The lowest BCUT2D eigenvalue weighted by Gasteiger charge is -2.16. The van der Waals surface area contributed by atoms with E-state index in [-0.39, 0.29) is 11.9 Å². The van der Waals surface area contributed by atoms with Gasteiger partial charge in [0.2, 0.25) is 0 Å². The minimum Gasteiger partial charge on any atom is -0.363 e. The van der Waals surface area contributed by atoms with Gasteiger partial charge in [-0.15, -0.1) is 0 Å². The first kappa shape index (κ1) is 13.2. The van der Waals surface area contributed by atoms with Gasteiger partial charge in [0.1, 0.15) is 18.0 Å². The number of aryl methyl sites for hydroxylation is 1. The molecule has 1 heterocycles. The lowest BCUT2D eigenvalue weighted by Crippen LogP contribution is -2.09. The summed E-state index contributed by atoms with van der Waals surface area (Å²) < 4.78 is 14.4. The van der Waals surface area contributed by atoms with E-state index in [2.05, 4.69) is 37.9 Å². The summed E-state index contributed by atoms with van der Waals surface area (Å²) in [7, 11) is 0. The highest BCUT2D eigenvalue weighted by Gasteiger charge is 2.10. The molecule has 1 aromatic heterocycles. The van der Waals surface area contributed by atoms with Crippen molar-refractivity contribution in [3.8, 4) is 0 Å². The Hall–Kier alpha value is -1.24. The lowest BCUT2D eigenvalue weighted by molar-refractivity contribution is 0.614. The number of nitrogens with one attached hydrogen (secondary N) is 1. The summed E-state index contributed by atoms with van der Waals surface area (Å²) >= 11 is 2.16. The van der Waals surface area contributed by atoms with Gasteiger partial charge in [-0.1, -0.05) is 12.1 Å². The molecule has 0 aliphatic carbocycles. The molecule has 5 heteroatoms. The topological polar surface area (TPSA) is 37.8 Å². The fourth-order valence-electron chi connectivity index (χ4n) is 1.59. The number of nitrogens with zero attached hydrogens (tertiary/aromatic N) is 2. The predicted molar refractivity (Wildman–Crippen MR) is 77.9 cm³/mol. The highest BCUT2D eigenvalue weighted by atomic mass is 127. The number of aromatic nitrogens is 2. The van der Waals surface area contributed by atoms with Crippen LogP contribution in [0.5, 0.6) is 0 Å². The molecular formula is C13H13FIN3. The first-order valence-corrected chi connectivity index (χ1v) is 6.64. The quantitative estimate of drug-likeness (QED) is 0.852. The van der Waals surface area contributed by atoms with Crippen LogP contribution in [-0.2, 0) is 0 Å². The summed E-state index contributed by atoms with van der Waals surface area (Å²) in [5.41, 5.74) is 1.55. The van der Waals surface area contributed by atoms with Gasteiger partial charge in [-0.05, 0) is 53.6 Å². The molecule has 2 aromatic rings. The van der Waals surface area contributed by atoms with Gasteiger partial charge in [0.15, 0.2) is 0 Å². The monoisotopic (exact) mass is 357 g/mol. The van der Waals surface area contributed by atoms with Crippen molar-refractivity contribution in [1.29, 1.82) is 0 Å². The third-order valence-electron chi connectivity index (χ3n) is 2.72. The predicted octanol–water partition coefficient (Wildman–Crippen LogP) is 3.70. The minimum absolute atomic E-state index is 0.0106. The molecule has 3 nitrogen and oxygen atoms in total. The third kappa shape index (κ3) is 2.95. The van der Waals surface area contributed by atoms with Crippen LogP contribution in [0.1, 0.15) is 24.1 Å². The van der Waals surface area contributed by atoms with E-state index >= 15 is 0 Å². The summed E-state index contributed by atoms with van der Waals surface area (Å²) in [6, 6.07) is 5.25. The highest BCUT2D eigenvalue weighted by molar-refractivity contribution is 14.1. The number of anilines is 1. The first-order valence-electron chi connectivity index (χ1n) is 5.56. The zero-order chi connectivity index (χ0) is 13.1. The van der Waals surface area contributed by atoms with Gasteiger partial charge in [0.25, 0.3) is 0 Å². The molecule has 1 atom stereocenters. The number of rotatable bonds is 3. The summed E-state index contributed by atoms with van der Waals surface area (Å²) in [6.45, 7) is 3.73. The normalized spacial score (nSPS) is 12.2. The van der Waals surface area contributed by atoms with E-state index in [0.29, 0.717) is 5.56 Å². The van der Waals surface area contributed by atoms with Gasteiger partial charge in [0.05, 0.1) is 9.61 Å². The fourth-order valence-corrected chi connectivity index (χ4v) is 2.04. The van der Waals surface area contributed by atoms with Crippen LogP contribution < -0.4 is 5.32 Å². The van der Waals surface area contributed by atoms with Crippen molar-refractivity contribution in [3.05, 3.63) is 51.2 Å². The van der Waals surface area contributed by atoms with Crippen LogP contribution >= 0.6 is 22.6 Å². The van der Waals surface area contributed by atoms with Crippen molar-refractivity contribution in [3.63, 3.8) is 0 Å². The van der Waals surface area contributed by atoms with Gasteiger partial charge < -0.3 is 5.32 Å². The minimum atomic E-state index is -0.182. The molecule has 0 saturated carbocycles. The maximum atomic E-state index is 13.5. The molecule has 1 N–H and O–H groups in total. The Bertz CT molecular complexity index is 560. The smallest absolute Gasteiger partial charge is 0.143 e. The number of benzene rings is 1. The summed E-state index contributed by atoms with van der Waals surface area (Å²) in [5.74, 6) is 0.581. The van der Waals surface area contributed by atoms with E-state index in [9.17, 15) is 4.39 Å².